The van der Waals surface area contributed by atoms with Crippen molar-refractivity contribution in [1.82, 2.24) is 14.7 Å². The number of hydrogen-bond acceptors (Lipinski definition) is 5. The molecule has 0 bridgehead atoms. The molecule has 0 spiro atoms. The number of nitrogens with one attached hydrogen (secondary N) is 1. The lowest BCUT2D eigenvalue weighted by atomic mass is 10.1. The minimum Gasteiger partial charge on any atom is -0.381 e. The number of methoxy groups -OCH3 is 1. The monoisotopic (exact) mass is 384 g/mol. The first-order chi connectivity index (χ1) is 13.3. The smallest absolute Gasteiger partial charge is 0.278 e. The minimum absolute atomic E-state index is 0.243. The topological polar surface area (TPSA) is 103 Å². The van der Waals surface area contributed by atoms with Crippen LogP contribution in [-0.2, 0) is 11.3 Å². The lowest BCUT2D eigenvalue weighted by Crippen LogP contribution is -2.44. The highest BCUT2D eigenvalue weighted by Gasteiger charge is 2.24. The number of rotatable bonds is 6. The van der Waals surface area contributed by atoms with E-state index in [0.29, 0.717) is 42.3 Å². The molecule has 3 aromatic heterocycles. The van der Waals surface area contributed by atoms with E-state index in [2.05, 4.69) is 10.3 Å². The van der Waals surface area contributed by atoms with Crippen LogP contribution >= 0.6 is 0 Å². The van der Waals surface area contributed by atoms with E-state index >= 15 is 0 Å². The number of carbonyl (C=O) groups excluding carboxylic acids is 1. The summed E-state index contributed by atoms with van der Waals surface area (Å²) in [5.74, 6) is 0.245. The Balaban J connectivity index is 2.31. The van der Waals surface area contributed by atoms with Gasteiger partial charge in [0.05, 0.1) is 13.2 Å². The van der Waals surface area contributed by atoms with Crippen LogP contribution in [0.25, 0.3) is 16.7 Å². The molecular formula is C20H26N5O3+. The number of pyridine rings is 2. The first kappa shape index (κ1) is 19.8. The van der Waals surface area contributed by atoms with E-state index in [1.807, 2.05) is 26.8 Å². The van der Waals surface area contributed by atoms with E-state index in [4.69, 9.17) is 10.5 Å². The molecular weight excluding hydrogens is 358 g/mol. The van der Waals surface area contributed by atoms with Crippen molar-refractivity contribution in [3.8, 4) is 0 Å². The summed E-state index contributed by atoms with van der Waals surface area (Å²) in [5, 5.41) is 3.20. The van der Waals surface area contributed by atoms with Crippen molar-refractivity contribution in [2.24, 2.45) is 5.92 Å². The third kappa shape index (κ3) is 3.55. The van der Waals surface area contributed by atoms with Crippen LogP contribution in [0.3, 0.4) is 0 Å². The van der Waals surface area contributed by atoms with Crippen molar-refractivity contribution in [1.29, 1.82) is 0 Å². The normalized spacial score (nSPS) is 11.5. The van der Waals surface area contributed by atoms with Crippen LogP contribution in [0.5, 0.6) is 0 Å². The Bertz CT molecular complexity index is 1100. The molecule has 3 N–H and O–H groups in total. The van der Waals surface area contributed by atoms with Gasteiger partial charge in [-0.1, -0.05) is 24.9 Å². The lowest BCUT2D eigenvalue weighted by Gasteiger charge is -2.13. The van der Waals surface area contributed by atoms with Crippen LogP contribution < -0.4 is 21.2 Å². The highest BCUT2D eigenvalue weighted by molar-refractivity contribution is 6.00. The van der Waals surface area contributed by atoms with Gasteiger partial charge in [0.25, 0.3) is 17.1 Å². The zero-order valence-corrected chi connectivity index (χ0v) is 16.7. The number of aryl methyl sites for hydroxylation is 1. The van der Waals surface area contributed by atoms with Gasteiger partial charge >= 0.3 is 0 Å². The summed E-state index contributed by atoms with van der Waals surface area (Å²) >= 11 is 0. The maximum Gasteiger partial charge on any atom is 0.278 e. The summed E-state index contributed by atoms with van der Waals surface area (Å²) in [5.41, 5.74) is 8.21. The van der Waals surface area contributed by atoms with E-state index < -0.39 is 0 Å². The van der Waals surface area contributed by atoms with Crippen molar-refractivity contribution in [2.45, 2.75) is 27.3 Å². The maximum atomic E-state index is 13.1. The van der Waals surface area contributed by atoms with E-state index in [-0.39, 0.29) is 22.8 Å². The van der Waals surface area contributed by atoms with Gasteiger partial charge in [0.2, 0.25) is 11.5 Å². The number of nitrogens with zero attached hydrogens (tertiary/aromatic N) is 3. The minimum atomic E-state index is -0.312. The molecule has 0 aliphatic carbocycles. The molecule has 1 amide bonds. The number of fused-ring (bicyclic) bond motifs is 2. The third-order valence-electron chi connectivity index (χ3n) is 4.61. The molecule has 0 aromatic carbocycles. The molecule has 0 atom stereocenters. The molecule has 3 heterocycles. The molecule has 8 heteroatoms. The van der Waals surface area contributed by atoms with Crippen LogP contribution in [-0.4, -0.2) is 35.6 Å². The Labute approximate surface area is 163 Å². The molecule has 3 aromatic rings. The Morgan fingerprint density at radius 3 is 2.86 bits per heavy atom. The molecule has 0 aliphatic rings. The van der Waals surface area contributed by atoms with Crippen LogP contribution in [0, 0.1) is 12.8 Å². The second kappa shape index (κ2) is 7.93. The standard InChI is InChI=1S/C20H25N5O3/c1-12(2)11-22-19(26)14-10-15-18(24(16(14)21)8-9-28-4)23-17-13(3)6-5-7-25(17)20(15)27/h5-7,10,12,21H,8-9,11H2,1-4H3,(H,22,26)/p+1. The Hall–Kier alpha value is -3.00. The second-order valence-corrected chi connectivity index (χ2v) is 7.23. The maximum absolute atomic E-state index is 13.1. The summed E-state index contributed by atoms with van der Waals surface area (Å²) < 4.78 is 8.35. The van der Waals surface area contributed by atoms with Gasteiger partial charge in [0, 0.05) is 25.4 Å². The van der Waals surface area contributed by atoms with E-state index in [1.54, 1.807) is 23.9 Å². The molecule has 0 unspecified atom stereocenters. The van der Waals surface area contributed by atoms with Crippen molar-refractivity contribution < 1.29 is 14.1 Å². The third-order valence-corrected chi connectivity index (χ3v) is 4.61. The molecule has 8 nitrogen and oxygen atoms in total. The molecule has 0 aliphatic heterocycles. The summed E-state index contributed by atoms with van der Waals surface area (Å²) in [6, 6.07) is 5.22. The van der Waals surface area contributed by atoms with Gasteiger partial charge in [-0.15, -0.1) is 0 Å². The molecule has 3 rings (SSSR count). The predicted molar refractivity (Wildman–Crippen MR) is 107 cm³/mol. The van der Waals surface area contributed by atoms with Gasteiger partial charge in [-0.2, -0.15) is 0 Å². The highest BCUT2D eigenvalue weighted by Crippen LogP contribution is 2.16. The number of hydrogen-bond donors (Lipinski definition) is 2. The number of ether oxygens (including phenoxy) is 1. The van der Waals surface area contributed by atoms with Crippen molar-refractivity contribution >= 4 is 28.4 Å². The number of anilines is 1. The fourth-order valence-electron chi connectivity index (χ4n) is 3.09. The predicted octanol–water partition coefficient (Wildman–Crippen LogP) is 1.06. The van der Waals surface area contributed by atoms with Crippen molar-refractivity contribution in [2.75, 3.05) is 26.0 Å². The zero-order chi connectivity index (χ0) is 20.4. The van der Waals surface area contributed by atoms with Crippen LogP contribution in [0.2, 0.25) is 0 Å². The fourth-order valence-corrected chi connectivity index (χ4v) is 3.09. The lowest BCUT2D eigenvalue weighted by molar-refractivity contribution is -0.660. The molecule has 28 heavy (non-hydrogen) atoms. The Morgan fingerprint density at radius 1 is 1.43 bits per heavy atom. The van der Waals surface area contributed by atoms with Crippen LogP contribution in [0.1, 0.15) is 29.8 Å². The van der Waals surface area contributed by atoms with Crippen molar-refractivity contribution in [3.63, 3.8) is 0 Å². The van der Waals surface area contributed by atoms with Gasteiger partial charge in [-0.25, -0.2) is 4.57 Å². The quantitative estimate of drug-likeness (QED) is 0.489. The molecule has 0 saturated heterocycles. The number of nitrogens with two attached hydrogens (primary N) is 1. The first-order valence-electron chi connectivity index (χ1n) is 9.26. The van der Waals surface area contributed by atoms with Crippen molar-refractivity contribution in [3.05, 3.63) is 45.9 Å². The van der Waals surface area contributed by atoms with Crippen LogP contribution in [0.4, 0.5) is 5.82 Å². The largest absolute Gasteiger partial charge is 0.381 e. The fraction of sp³-hybridized carbons (Fsp3) is 0.400. The van der Waals surface area contributed by atoms with E-state index in [0.717, 1.165) is 5.56 Å². The van der Waals surface area contributed by atoms with E-state index in [1.165, 1.54) is 10.5 Å². The molecule has 148 valence electrons. The van der Waals surface area contributed by atoms with Gasteiger partial charge in [0.15, 0.2) is 0 Å². The summed E-state index contributed by atoms with van der Waals surface area (Å²) in [6.45, 7) is 7.17. The molecule has 0 radical (unpaired) electrons. The number of aromatic nitrogens is 3. The SMILES string of the molecule is COCC[n+]1c(N)c(C(=O)NCC(C)C)cc2c(=O)n3cccc(C)c3nc21. The van der Waals surface area contributed by atoms with Gasteiger partial charge in [0.1, 0.15) is 10.9 Å². The number of nitrogen functional groups attached to an aromatic ring is 1. The second-order valence-electron chi connectivity index (χ2n) is 7.23. The summed E-state index contributed by atoms with van der Waals surface area (Å²) in [7, 11) is 1.58. The number of amides is 1. The van der Waals surface area contributed by atoms with Gasteiger partial charge < -0.3 is 15.8 Å². The average Bonchev–Trinajstić information content (AvgIpc) is 2.66. The summed E-state index contributed by atoms with van der Waals surface area (Å²) in [6.07, 6.45) is 1.67. The van der Waals surface area contributed by atoms with Crippen LogP contribution in [0.15, 0.2) is 29.2 Å². The van der Waals surface area contributed by atoms with Gasteiger partial charge in [-0.3, -0.25) is 14.0 Å². The molecule has 0 saturated carbocycles. The Kier molecular flexibility index (Phi) is 5.60. The van der Waals surface area contributed by atoms with E-state index in [9.17, 15) is 9.59 Å². The summed E-state index contributed by atoms with van der Waals surface area (Å²) in [4.78, 5) is 30.5. The number of carbonyl (C=O) groups is 1. The average molecular weight is 384 g/mol. The first-order valence-corrected chi connectivity index (χ1v) is 9.26. The molecule has 0 fully saturated rings. The van der Waals surface area contributed by atoms with Gasteiger partial charge in [-0.05, 0) is 25.0 Å². The highest BCUT2D eigenvalue weighted by atomic mass is 16.5. The zero-order valence-electron chi connectivity index (χ0n) is 16.7. The Morgan fingerprint density at radius 2 is 2.18 bits per heavy atom.